The number of rotatable bonds is 6. The standard InChI is InChI=1S/C19H23N3O3S/c1-14(2)25-17-8-10-18(11-9-17)26(23,24)22-16-6-4-15(5-7-16)19-20-12-3-13-21-19/h4-11,14,22H,3,12-13H2,1-2H3,(H,20,21). The maximum absolute atomic E-state index is 12.5. The molecule has 2 N–H and O–H groups in total. The molecule has 0 unspecified atom stereocenters. The quantitative estimate of drug-likeness (QED) is 0.816. The lowest BCUT2D eigenvalue weighted by Gasteiger charge is -2.15. The molecule has 6 nitrogen and oxygen atoms in total. The van der Waals surface area contributed by atoms with Crippen molar-refractivity contribution in [2.45, 2.75) is 31.3 Å². The van der Waals surface area contributed by atoms with Crippen molar-refractivity contribution >= 4 is 21.5 Å². The number of aliphatic imine (C=N–C) groups is 1. The van der Waals surface area contributed by atoms with Crippen LogP contribution in [0.1, 0.15) is 25.8 Å². The van der Waals surface area contributed by atoms with Gasteiger partial charge in [-0.2, -0.15) is 0 Å². The molecule has 2 aromatic rings. The van der Waals surface area contributed by atoms with Crippen LogP contribution in [0.15, 0.2) is 58.4 Å². The van der Waals surface area contributed by atoms with E-state index < -0.39 is 10.0 Å². The normalized spacial score (nSPS) is 14.5. The number of amidine groups is 1. The second-order valence-corrected chi connectivity index (χ2v) is 8.01. The van der Waals surface area contributed by atoms with Gasteiger partial charge in [0.25, 0.3) is 10.0 Å². The van der Waals surface area contributed by atoms with Crippen molar-refractivity contribution in [3.63, 3.8) is 0 Å². The van der Waals surface area contributed by atoms with E-state index in [0.29, 0.717) is 11.4 Å². The zero-order valence-electron chi connectivity index (χ0n) is 14.9. The van der Waals surface area contributed by atoms with Crippen molar-refractivity contribution in [1.29, 1.82) is 0 Å². The van der Waals surface area contributed by atoms with Crippen LogP contribution in [0.2, 0.25) is 0 Å². The summed E-state index contributed by atoms with van der Waals surface area (Å²) in [5.74, 6) is 1.50. The zero-order chi connectivity index (χ0) is 18.6. The van der Waals surface area contributed by atoms with E-state index in [0.717, 1.165) is 30.9 Å². The van der Waals surface area contributed by atoms with E-state index in [9.17, 15) is 8.42 Å². The van der Waals surface area contributed by atoms with Crippen molar-refractivity contribution in [3.8, 4) is 5.75 Å². The molecule has 0 bridgehead atoms. The minimum atomic E-state index is -3.65. The fourth-order valence-electron chi connectivity index (χ4n) is 2.61. The molecule has 0 amide bonds. The Kier molecular flexibility index (Phi) is 5.46. The van der Waals surface area contributed by atoms with Crippen LogP contribution in [0.5, 0.6) is 5.75 Å². The Balaban J connectivity index is 1.71. The van der Waals surface area contributed by atoms with Gasteiger partial charge < -0.3 is 10.1 Å². The first-order valence-electron chi connectivity index (χ1n) is 8.62. The maximum atomic E-state index is 12.5. The topological polar surface area (TPSA) is 79.8 Å². The molecule has 1 aliphatic rings. The summed E-state index contributed by atoms with van der Waals surface area (Å²) in [5.41, 5.74) is 1.45. The Morgan fingerprint density at radius 1 is 1.08 bits per heavy atom. The summed E-state index contributed by atoms with van der Waals surface area (Å²) in [6, 6.07) is 13.6. The molecule has 0 aliphatic carbocycles. The third-order valence-electron chi connectivity index (χ3n) is 3.81. The molecule has 26 heavy (non-hydrogen) atoms. The molecule has 1 heterocycles. The van der Waals surface area contributed by atoms with Gasteiger partial charge in [-0.15, -0.1) is 0 Å². The molecule has 3 rings (SSSR count). The highest BCUT2D eigenvalue weighted by Crippen LogP contribution is 2.20. The summed E-state index contributed by atoms with van der Waals surface area (Å²) in [6.45, 7) is 5.56. The van der Waals surface area contributed by atoms with E-state index in [1.807, 2.05) is 26.0 Å². The van der Waals surface area contributed by atoms with Crippen LogP contribution >= 0.6 is 0 Å². The number of hydrogen-bond acceptors (Lipinski definition) is 5. The third-order valence-corrected chi connectivity index (χ3v) is 5.21. The van der Waals surface area contributed by atoms with E-state index >= 15 is 0 Å². The predicted molar refractivity (Wildman–Crippen MR) is 103 cm³/mol. The van der Waals surface area contributed by atoms with Gasteiger partial charge in [0.15, 0.2) is 0 Å². The Labute approximate surface area is 154 Å². The molecule has 0 saturated heterocycles. The molecular formula is C19H23N3O3S. The highest BCUT2D eigenvalue weighted by molar-refractivity contribution is 7.92. The fourth-order valence-corrected chi connectivity index (χ4v) is 3.66. The first kappa shape index (κ1) is 18.3. The van der Waals surface area contributed by atoms with E-state index in [2.05, 4.69) is 15.0 Å². The molecule has 138 valence electrons. The van der Waals surface area contributed by atoms with Crippen LogP contribution in [0.25, 0.3) is 0 Å². The SMILES string of the molecule is CC(C)Oc1ccc(S(=O)(=O)Nc2ccc(C3=NCCCN3)cc2)cc1. The number of hydrogen-bond donors (Lipinski definition) is 2. The van der Waals surface area contributed by atoms with E-state index in [1.54, 1.807) is 24.3 Å². The number of ether oxygens (including phenoxy) is 1. The Hall–Kier alpha value is -2.54. The number of anilines is 1. The minimum Gasteiger partial charge on any atom is -0.491 e. The van der Waals surface area contributed by atoms with E-state index in [1.165, 1.54) is 12.1 Å². The third kappa shape index (κ3) is 4.54. The Morgan fingerprint density at radius 2 is 1.77 bits per heavy atom. The van der Waals surface area contributed by atoms with Crippen LogP contribution in [-0.2, 0) is 10.0 Å². The van der Waals surface area contributed by atoms with Gasteiger partial charge >= 0.3 is 0 Å². The summed E-state index contributed by atoms with van der Waals surface area (Å²) in [4.78, 5) is 4.63. The molecule has 0 atom stereocenters. The summed E-state index contributed by atoms with van der Waals surface area (Å²) in [6.07, 6.45) is 1.07. The number of nitrogens with zero attached hydrogens (tertiary/aromatic N) is 1. The molecule has 0 fully saturated rings. The predicted octanol–water partition coefficient (Wildman–Crippen LogP) is 3.01. The highest BCUT2D eigenvalue weighted by atomic mass is 32.2. The molecule has 1 aliphatic heterocycles. The molecule has 2 aromatic carbocycles. The number of benzene rings is 2. The van der Waals surface area contributed by atoms with Crippen LogP contribution in [0.3, 0.4) is 0 Å². The van der Waals surface area contributed by atoms with Crippen molar-refractivity contribution in [2.24, 2.45) is 4.99 Å². The summed E-state index contributed by atoms with van der Waals surface area (Å²) in [7, 11) is -3.65. The van der Waals surface area contributed by atoms with Crippen LogP contribution in [-0.4, -0.2) is 33.4 Å². The van der Waals surface area contributed by atoms with Crippen molar-refractivity contribution < 1.29 is 13.2 Å². The molecule has 7 heteroatoms. The Morgan fingerprint density at radius 3 is 2.35 bits per heavy atom. The first-order chi connectivity index (χ1) is 12.4. The van der Waals surface area contributed by atoms with Gasteiger partial charge in [-0.1, -0.05) is 0 Å². The van der Waals surface area contributed by atoms with Gasteiger partial charge in [-0.05, 0) is 68.8 Å². The first-order valence-corrected chi connectivity index (χ1v) is 10.1. The van der Waals surface area contributed by atoms with Crippen LogP contribution in [0.4, 0.5) is 5.69 Å². The molecule has 0 radical (unpaired) electrons. The fraction of sp³-hybridized carbons (Fsp3) is 0.316. The van der Waals surface area contributed by atoms with Gasteiger partial charge in [0.1, 0.15) is 11.6 Å². The highest BCUT2D eigenvalue weighted by Gasteiger charge is 2.15. The van der Waals surface area contributed by atoms with Gasteiger partial charge in [-0.3, -0.25) is 9.71 Å². The van der Waals surface area contributed by atoms with Crippen molar-refractivity contribution in [3.05, 3.63) is 54.1 Å². The lowest BCUT2D eigenvalue weighted by Crippen LogP contribution is -2.30. The lowest BCUT2D eigenvalue weighted by molar-refractivity contribution is 0.242. The number of sulfonamides is 1. The average molecular weight is 373 g/mol. The van der Waals surface area contributed by atoms with Gasteiger partial charge in [0.05, 0.1) is 11.0 Å². The molecule has 0 aromatic heterocycles. The summed E-state index contributed by atoms with van der Waals surface area (Å²) in [5, 5.41) is 3.25. The summed E-state index contributed by atoms with van der Waals surface area (Å²) < 4.78 is 33.2. The molecule has 0 saturated carbocycles. The number of nitrogens with one attached hydrogen (secondary N) is 2. The minimum absolute atomic E-state index is 0.0392. The average Bonchev–Trinajstić information content (AvgIpc) is 2.63. The van der Waals surface area contributed by atoms with Crippen molar-refractivity contribution in [2.75, 3.05) is 17.8 Å². The smallest absolute Gasteiger partial charge is 0.261 e. The van der Waals surface area contributed by atoms with E-state index in [-0.39, 0.29) is 11.0 Å². The monoisotopic (exact) mass is 373 g/mol. The molecule has 0 spiro atoms. The Bertz CT molecular complexity index is 873. The second-order valence-electron chi connectivity index (χ2n) is 6.33. The van der Waals surface area contributed by atoms with Crippen LogP contribution in [0, 0.1) is 0 Å². The second kappa shape index (κ2) is 7.78. The van der Waals surface area contributed by atoms with Crippen molar-refractivity contribution in [1.82, 2.24) is 5.32 Å². The maximum Gasteiger partial charge on any atom is 0.261 e. The van der Waals surface area contributed by atoms with Crippen LogP contribution < -0.4 is 14.8 Å². The van der Waals surface area contributed by atoms with Gasteiger partial charge in [0, 0.05) is 24.3 Å². The van der Waals surface area contributed by atoms with E-state index in [4.69, 9.17) is 4.74 Å². The summed E-state index contributed by atoms with van der Waals surface area (Å²) >= 11 is 0. The largest absolute Gasteiger partial charge is 0.491 e. The zero-order valence-corrected chi connectivity index (χ0v) is 15.7. The molecular weight excluding hydrogens is 350 g/mol. The van der Waals surface area contributed by atoms with Gasteiger partial charge in [0.2, 0.25) is 0 Å². The lowest BCUT2D eigenvalue weighted by atomic mass is 10.1. The van der Waals surface area contributed by atoms with Gasteiger partial charge in [-0.25, -0.2) is 8.42 Å².